The number of hydrogen-bond donors (Lipinski definition) is 1. The molecule has 1 nitrogen and oxygen atoms in total. The average molecular weight is 217 g/mol. The molecule has 0 saturated heterocycles. The van der Waals surface area contributed by atoms with Gasteiger partial charge in [-0.3, -0.25) is 0 Å². The van der Waals surface area contributed by atoms with E-state index in [-0.39, 0.29) is 5.82 Å². The third-order valence-electron chi connectivity index (χ3n) is 2.71. The molecular weight excluding hydrogens is 201 g/mol. The minimum absolute atomic E-state index is 0.188. The molecule has 1 aliphatic carbocycles. The maximum Gasteiger partial charge on any atom is 0.123 e. The maximum absolute atomic E-state index is 12.6. The van der Waals surface area contributed by atoms with Crippen LogP contribution in [0.5, 0.6) is 0 Å². The van der Waals surface area contributed by atoms with E-state index in [1.54, 1.807) is 12.1 Å². The van der Waals surface area contributed by atoms with Crippen LogP contribution in [0.25, 0.3) is 6.08 Å². The van der Waals surface area contributed by atoms with Crippen molar-refractivity contribution in [1.29, 1.82) is 0 Å². The zero-order valence-corrected chi connectivity index (χ0v) is 9.20. The molecule has 0 bridgehead atoms. The van der Waals surface area contributed by atoms with Gasteiger partial charge in [-0.25, -0.2) is 4.39 Å². The SMILES string of the molecule is Fc1ccc(/C=C/CNC2CC=CC2)cc1. The van der Waals surface area contributed by atoms with Gasteiger partial charge in [-0.1, -0.05) is 36.4 Å². The lowest BCUT2D eigenvalue weighted by molar-refractivity contribution is 0.574. The van der Waals surface area contributed by atoms with Crippen LogP contribution in [-0.2, 0) is 0 Å². The monoisotopic (exact) mass is 217 g/mol. The van der Waals surface area contributed by atoms with E-state index in [2.05, 4.69) is 23.5 Å². The Morgan fingerprint density at radius 1 is 1.19 bits per heavy atom. The van der Waals surface area contributed by atoms with E-state index in [1.807, 2.05) is 6.08 Å². The molecular formula is C14H16FN. The molecule has 0 radical (unpaired) electrons. The lowest BCUT2D eigenvalue weighted by Crippen LogP contribution is -2.26. The molecule has 0 aromatic heterocycles. The van der Waals surface area contributed by atoms with Crippen LogP contribution < -0.4 is 5.32 Å². The van der Waals surface area contributed by atoms with E-state index in [9.17, 15) is 4.39 Å². The third-order valence-corrected chi connectivity index (χ3v) is 2.71. The second-order valence-electron chi connectivity index (χ2n) is 4.00. The van der Waals surface area contributed by atoms with Gasteiger partial charge in [0.05, 0.1) is 0 Å². The zero-order valence-electron chi connectivity index (χ0n) is 9.20. The highest BCUT2D eigenvalue weighted by molar-refractivity contribution is 5.48. The van der Waals surface area contributed by atoms with Gasteiger partial charge in [0, 0.05) is 12.6 Å². The maximum atomic E-state index is 12.6. The van der Waals surface area contributed by atoms with Gasteiger partial charge in [0.1, 0.15) is 5.82 Å². The van der Waals surface area contributed by atoms with Gasteiger partial charge >= 0.3 is 0 Å². The minimum atomic E-state index is -0.188. The Morgan fingerprint density at radius 3 is 2.56 bits per heavy atom. The summed E-state index contributed by atoms with van der Waals surface area (Å²) in [5.74, 6) is -0.188. The topological polar surface area (TPSA) is 12.0 Å². The lowest BCUT2D eigenvalue weighted by atomic mass is 10.2. The summed E-state index contributed by atoms with van der Waals surface area (Å²) in [4.78, 5) is 0. The molecule has 0 aliphatic heterocycles. The lowest BCUT2D eigenvalue weighted by Gasteiger charge is -2.08. The van der Waals surface area contributed by atoms with Gasteiger partial charge in [-0.15, -0.1) is 0 Å². The normalized spacial score (nSPS) is 16.3. The van der Waals surface area contributed by atoms with Crippen LogP contribution in [0.15, 0.2) is 42.5 Å². The van der Waals surface area contributed by atoms with Gasteiger partial charge in [0.25, 0.3) is 0 Å². The third kappa shape index (κ3) is 3.31. The highest BCUT2D eigenvalue weighted by atomic mass is 19.1. The summed E-state index contributed by atoms with van der Waals surface area (Å²) in [6, 6.07) is 7.12. The molecule has 2 rings (SSSR count). The van der Waals surface area contributed by atoms with E-state index in [1.165, 1.54) is 12.1 Å². The molecule has 84 valence electrons. The molecule has 0 saturated carbocycles. The second kappa shape index (κ2) is 5.61. The smallest absolute Gasteiger partial charge is 0.123 e. The first-order valence-corrected chi connectivity index (χ1v) is 5.65. The Morgan fingerprint density at radius 2 is 1.88 bits per heavy atom. The second-order valence-corrected chi connectivity index (χ2v) is 4.00. The summed E-state index contributed by atoms with van der Waals surface area (Å²) in [6.07, 6.45) is 10.8. The van der Waals surface area contributed by atoms with Crippen LogP contribution in [-0.4, -0.2) is 12.6 Å². The van der Waals surface area contributed by atoms with Crippen LogP contribution in [0, 0.1) is 5.82 Å². The Bertz CT molecular complexity index is 370. The van der Waals surface area contributed by atoms with Crippen molar-refractivity contribution in [2.75, 3.05) is 6.54 Å². The largest absolute Gasteiger partial charge is 0.310 e. The van der Waals surface area contributed by atoms with Crippen LogP contribution in [0.3, 0.4) is 0 Å². The summed E-state index contributed by atoms with van der Waals surface area (Å²) in [5, 5.41) is 3.44. The number of nitrogens with one attached hydrogen (secondary N) is 1. The molecule has 1 aromatic rings. The standard InChI is InChI=1S/C14H16FN/c15-13-9-7-12(8-10-13)4-3-11-16-14-5-1-2-6-14/h1-4,7-10,14,16H,5-6,11H2/b4-3+. The van der Waals surface area contributed by atoms with E-state index < -0.39 is 0 Å². The number of benzene rings is 1. The highest BCUT2D eigenvalue weighted by Crippen LogP contribution is 2.09. The predicted octanol–water partition coefficient (Wildman–Crippen LogP) is 3.15. The summed E-state index contributed by atoms with van der Waals surface area (Å²) >= 11 is 0. The molecule has 1 N–H and O–H groups in total. The summed E-state index contributed by atoms with van der Waals surface area (Å²) in [5.41, 5.74) is 1.03. The Balaban J connectivity index is 1.74. The minimum Gasteiger partial charge on any atom is -0.310 e. The number of hydrogen-bond acceptors (Lipinski definition) is 1. The van der Waals surface area contributed by atoms with Crippen molar-refractivity contribution in [3.63, 3.8) is 0 Å². The summed E-state index contributed by atoms with van der Waals surface area (Å²) in [6.45, 7) is 0.865. The van der Waals surface area contributed by atoms with Crippen molar-refractivity contribution in [1.82, 2.24) is 5.32 Å². The molecule has 0 unspecified atom stereocenters. The fraction of sp³-hybridized carbons (Fsp3) is 0.286. The number of halogens is 1. The van der Waals surface area contributed by atoms with Crippen LogP contribution in [0.1, 0.15) is 18.4 Å². The van der Waals surface area contributed by atoms with E-state index >= 15 is 0 Å². The van der Waals surface area contributed by atoms with Crippen LogP contribution in [0.4, 0.5) is 4.39 Å². The van der Waals surface area contributed by atoms with E-state index in [4.69, 9.17) is 0 Å². The van der Waals surface area contributed by atoms with Crippen molar-refractivity contribution in [2.45, 2.75) is 18.9 Å². The summed E-state index contributed by atoms with van der Waals surface area (Å²) in [7, 11) is 0. The zero-order chi connectivity index (χ0) is 11.2. The fourth-order valence-electron chi connectivity index (χ4n) is 1.79. The van der Waals surface area contributed by atoms with Crippen molar-refractivity contribution in [3.8, 4) is 0 Å². The summed E-state index contributed by atoms with van der Waals surface area (Å²) < 4.78 is 12.6. The van der Waals surface area contributed by atoms with Gasteiger partial charge in [-0.05, 0) is 30.5 Å². The Kier molecular flexibility index (Phi) is 3.89. The van der Waals surface area contributed by atoms with Gasteiger partial charge < -0.3 is 5.32 Å². The average Bonchev–Trinajstić information content (AvgIpc) is 2.80. The molecule has 0 spiro atoms. The molecule has 1 aromatic carbocycles. The first-order chi connectivity index (χ1) is 7.84. The number of rotatable bonds is 4. The van der Waals surface area contributed by atoms with Gasteiger partial charge in [-0.2, -0.15) is 0 Å². The molecule has 0 amide bonds. The quantitative estimate of drug-likeness (QED) is 0.764. The fourth-order valence-corrected chi connectivity index (χ4v) is 1.79. The van der Waals surface area contributed by atoms with Crippen molar-refractivity contribution in [3.05, 3.63) is 53.9 Å². The first kappa shape index (κ1) is 11.1. The Hall–Kier alpha value is -1.41. The predicted molar refractivity (Wildman–Crippen MR) is 65.6 cm³/mol. The van der Waals surface area contributed by atoms with Crippen molar-refractivity contribution >= 4 is 6.08 Å². The van der Waals surface area contributed by atoms with Crippen LogP contribution >= 0.6 is 0 Å². The van der Waals surface area contributed by atoms with Crippen LogP contribution in [0.2, 0.25) is 0 Å². The molecule has 0 fully saturated rings. The van der Waals surface area contributed by atoms with Gasteiger partial charge in [0.2, 0.25) is 0 Å². The highest BCUT2D eigenvalue weighted by Gasteiger charge is 2.06. The van der Waals surface area contributed by atoms with Crippen molar-refractivity contribution < 1.29 is 4.39 Å². The molecule has 0 atom stereocenters. The van der Waals surface area contributed by atoms with E-state index in [0.29, 0.717) is 6.04 Å². The molecule has 2 heteroatoms. The van der Waals surface area contributed by atoms with E-state index in [0.717, 1.165) is 24.9 Å². The Labute approximate surface area is 95.7 Å². The molecule has 1 aliphatic rings. The molecule has 0 heterocycles. The van der Waals surface area contributed by atoms with Gasteiger partial charge in [0.15, 0.2) is 0 Å². The molecule has 16 heavy (non-hydrogen) atoms. The van der Waals surface area contributed by atoms with Crippen molar-refractivity contribution in [2.24, 2.45) is 0 Å². The first-order valence-electron chi connectivity index (χ1n) is 5.65.